The van der Waals surface area contributed by atoms with Crippen LogP contribution in [0.15, 0.2) is 36.7 Å². The first-order valence-electron chi connectivity index (χ1n) is 5.77. The van der Waals surface area contributed by atoms with Gasteiger partial charge in [0.1, 0.15) is 0 Å². The third-order valence-corrected chi connectivity index (χ3v) is 3.55. The van der Waals surface area contributed by atoms with E-state index >= 15 is 0 Å². The highest BCUT2D eigenvalue weighted by Crippen LogP contribution is 2.49. The molecule has 0 saturated heterocycles. The minimum absolute atomic E-state index is 0.00571. The summed E-state index contributed by atoms with van der Waals surface area (Å²) < 4.78 is 0. The number of anilines is 1. The van der Waals surface area contributed by atoms with Crippen molar-refractivity contribution in [2.24, 2.45) is 0 Å². The summed E-state index contributed by atoms with van der Waals surface area (Å²) in [6.07, 6.45) is 4.96. The van der Waals surface area contributed by atoms with Gasteiger partial charge < -0.3 is 5.32 Å². The Labute approximate surface area is 109 Å². The van der Waals surface area contributed by atoms with E-state index in [0.29, 0.717) is 10.7 Å². The fraction of sp³-hybridized carbons (Fsp3) is 0.231. The first-order valence-corrected chi connectivity index (χ1v) is 6.15. The van der Waals surface area contributed by atoms with Gasteiger partial charge in [0.05, 0.1) is 17.3 Å². The Morgan fingerprint density at radius 3 is 2.89 bits per heavy atom. The van der Waals surface area contributed by atoms with E-state index in [0.717, 1.165) is 18.4 Å². The number of aromatic nitrogens is 2. The third-order valence-electron chi connectivity index (χ3n) is 3.32. The second kappa shape index (κ2) is 4.14. The van der Waals surface area contributed by atoms with Crippen LogP contribution in [0.4, 0.5) is 5.69 Å². The third kappa shape index (κ3) is 1.88. The van der Waals surface area contributed by atoms with E-state index in [1.807, 2.05) is 24.3 Å². The molecule has 1 heterocycles. The van der Waals surface area contributed by atoms with E-state index in [2.05, 4.69) is 15.5 Å². The summed E-state index contributed by atoms with van der Waals surface area (Å²) in [6.45, 7) is 0. The molecule has 2 N–H and O–H groups in total. The van der Waals surface area contributed by atoms with Crippen molar-refractivity contribution in [1.82, 2.24) is 10.2 Å². The summed E-state index contributed by atoms with van der Waals surface area (Å²) in [5.74, 6) is 0.00571. The molecule has 0 radical (unpaired) electrons. The SMILES string of the molecule is O=C(Nc1cn[nH]c1)C1(c2cccc(Cl)c2)CC1. The van der Waals surface area contributed by atoms with Crippen molar-refractivity contribution < 1.29 is 4.79 Å². The number of rotatable bonds is 3. The second-order valence-electron chi connectivity index (χ2n) is 4.53. The van der Waals surface area contributed by atoms with Crippen LogP contribution in [0.1, 0.15) is 18.4 Å². The quantitative estimate of drug-likeness (QED) is 0.893. The Bertz CT molecular complexity index is 576. The number of H-pyrrole nitrogens is 1. The monoisotopic (exact) mass is 261 g/mol. The predicted octanol–water partition coefficient (Wildman–Crippen LogP) is 2.73. The van der Waals surface area contributed by atoms with Crippen molar-refractivity contribution >= 4 is 23.2 Å². The molecule has 1 aromatic carbocycles. The van der Waals surface area contributed by atoms with Crippen LogP contribution in [0, 0.1) is 0 Å². The van der Waals surface area contributed by atoms with Crippen molar-refractivity contribution in [3.63, 3.8) is 0 Å². The maximum Gasteiger partial charge on any atom is 0.235 e. The Morgan fingerprint density at radius 2 is 2.28 bits per heavy atom. The van der Waals surface area contributed by atoms with Crippen LogP contribution in [0.2, 0.25) is 5.02 Å². The lowest BCUT2D eigenvalue weighted by atomic mass is 9.95. The molecule has 1 aliphatic rings. The van der Waals surface area contributed by atoms with Gasteiger partial charge in [-0.3, -0.25) is 9.89 Å². The number of amides is 1. The smallest absolute Gasteiger partial charge is 0.235 e. The maximum atomic E-state index is 12.3. The van der Waals surface area contributed by atoms with Gasteiger partial charge in [-0.1, -0.05) is 23.7 Å². The highest BCUT2D eigenvalue weighted by atomic mass is 35.5. The minimum Gasteiger partial charge on any atom is -0.323 e. The van der Waals surface area contributed by atoms with Crippen LogP contribution >= 0.6 is 11.6 Å². The van der Waals surface area contributed by atoms with Crippen LogP contribution in [0.3, 0.4) is 0 Å². The normalized spacial score (nSPS) is 16.3. The molecule has 1 aromatic heterocycles. The number of halogens is 1. The molecule has 92 valence electrons. The fourth-order valence-corrected chi connectivity index (χ4v) is 2.32. The summed E-state index contributed by atoms with van der Waals surface area (Å²) in [7, 11) is 0. The molecular formula is C13H12ClN3O. The number of nitrogens with one attached hydrogen (secondary N) is 2. The van der Waals surface area contributed by atoms with E-state index < -0.39 is 5.41 Å². The van der Waals surface area contributed by atoms with E-state index in [9.17, 15) is 4.79 Å². The standard InChI is InChI=1S/C13H12ClN3O/c14-10-3-1-2-9(6-10)13(4-5-13)12(18)17-11-7-15-16-8-11/h1-3,6-8H,4-5H2,(H,15,16)(H,17,18). The van der Waals surface area contributed by atoms with Gasteiger partial charge in [0.2, 0.25) is 5.91 Å². The molecule has 5 heteroatoms. The molecule has 0 aliphatic heterocycles. The zero-order chi connectivity index (χ0) is 12.6. The number of carbonyl (C=O) groups excluding carboxylic acids is 1. The lowest BCUT2D eigenvalue weighted by Crippen LogP contribution is -2.27. The van der Waals surface area contributed by atoms with Gasteiger partial charge >= 0.3 is 0 Å². The summed E-state index contributed by atoms with van der Waals surface area (Å²) >= 11 is 5.98. The van der Waals surface area contributed by atoms with Gasteiger partial charge in [-0.2, -0.15) is 5.10 Å². The summed E-state index contributed by atoms with van der Waals surface area (Å²) in [5.41, 5.74) is 1.26. The fourth-order valence-electron chi connectivity index (χ4n) is 2.13. The molecule has 0 atom stereocenters. The molecule has 0 bridgehead atoms. The zero-order valence-electron chi connectivity index (χ0n) is 9.61. The largest absolute Gasteiger partial charge is 0.323 e. The molecule has 1 aliphatic carbocycles. The molecular weight excluding hydrogens is 250 g/mol. The van der Waals surface area contributed by atoms with E-state index in [4.69, 9.17) is 11.6 Å². The van der Waals surface area contributed by atoms with Crippen LogP contribution < -0.4 is 5.32 Å². The summed E-state index contributed by atoms with van der Waals surface area (Å²) in [6, 6.07) is 7.51. The van der Waals surface area contributed by atoms with Crippen molar-refractivity contribution in [1.29, 1.82) is 0 Å². The van der Waals surface area contributed by atoms with Crippen molar-refractivity contribution in [2.45, 2.75) is 18.3 Å². The van der Waals surface area contributed by atoms with E-state index in [1.54, 1.807) is 12.4 Å². The molecule has 4 nitrogen and oxygen atoms in total. The first-order chi connectivity index (χ1) is 8.71. The molecule has 2 aromatic rings. The van der Waals surface area contributed by atoms with Gasteiger partial charge in [-0.25, -0.2) is 0 Å². The van der Waals surface area contributed by atoms with Gasteiger partial charge in [0.25, 0.3) is 0 Å². The highest BCUT2D eigenvalue weighted by Gasteiger charge is 2.51. The van der Waals surface area contributed by atoms with Crippen LogP contribution in [-0.4, -0.2) is 16.1 Å². The predicted molar refractivity (Wildman–Crippen MR) is 69.6 cm³/mol. The van der Waals surface area contributed by atoms with Gasteiger partial charge in [-0.05, 0) is 30.5 Å². The van der Waals surface area contributed by atoms with Crippen molar-refractivity contribution in [3.8, 4) is 0 Å². The lowest BCUT2D eigenvalue weighted by molar-refractivity contribution is -0.118. The molecule has 0 unspecified atom stereocenters. The zero-order valence-corrected chi connectivity index (χ0v) is 10.4. The summed E-state index contributed by atoms with van der Waals surface area (Å²) in [5, 5.41) is 10.0. The van der Waals surface area contributed by atoms with Crippen LogP contribution in [-0.2, 0) is 10.2 Å². The molecule has 1 fully saturated rings. The Balaban J connectivity index is 1.85. The van der Waals surface area contributed by atoms with E-state index in [-0.39, 0.29) is 5.91 Å². The van der Waals surface area contributed by atoms with Crippen LogP contribution in [0.5, 0.6) is 0 Å². The van der Waals surface area contributed by atoms with Gasteiger partial charge in [0, 0.05) is 11.2 Å². The molecule has 18 heavy (non-hydrogen) atoms. The van der Waals surface area contributed by atoms with Crippen molar-refractivity contribution in [2.75, 3.05) is 5.32 Å². The van der Waals surface area contributed by atoms with Gasteiger partial charge in [-0.15, -0.1) is 0 Å². The number of carbonyl (C=O) groups is 1. The van der Waals surface area contributed by atoms with Gasteiger partial charge in [0.15, 0.2) is 0 Å². The number of aromatic amines is 1. The molecule has 1 amide bonds. The average Bonchev–Trinajstić information content (AvgIpc) is 3.03. The second-order valence-corrected chi connectivity index (χ2v) is 4.97. The lowest BCUT2D eigenvalue weighted by Gasteiger charge is -2.15. The first kappa shape index (κ1) is 11.3. The minimum atomic E-state index is -0.415. The number of hydrogen-bond donors (Lipinski definition) is 2. The Morgan fingerprint density at radius 1 is 1.44 bits per heavy atom. The molecule has 1 saturated carbocycles. The Hall–Kier alpha value is -1.81. The van der Waals surface area contributed by atoms with E-state index in [1.165, 1.54) is 0 Å². The topological polar surface area (TPSA) is 57.8 Å². The number of nitrogens with zero attached hydrogens (tertiary/aromatic N) is 1. The molecule has 0 spiro atoms. The Kier molecular flexibility index (Phi) is 2.59. The highest BCUT2D eigenvalue weighted by molar-refractivity contribution is 6.30. The number of benzene rings is 1. The number of hydrogen-bond acceptors (Lipinski definition) is 2. The maximum absolute atomic E-state index is 12.3. The van der Waals surface area contributed by atoms with Crippen LogP contribution in [0.25, 0.3) is 0 Å². The average molecular weight is 262 g/mol. The van der Waals surface area contributed by atoms with Crippen molar-refractivity contribution in [3.05, 3.63) is 47.2 Å². The summed E-state index contributed by atoms with van der Waals surface area (Å²) in [4.78, 5) is 12.3. The molecule has 3 rings (SSSR count).